The molecule has 0 radical (unpaired) electrons. The molecular formula is C18H17ClF3NO2S. The molecular weight excluding hydrogens is 387 g/mol. The van der Waals surface area contributed by atoms with Crippen LogP contribution in [0.3, 0.4) is 0 Å². The van der Waals surface area contributed by atoms with E-state index >= 15 is 0 Å². The number of thiophene rings is 1. The molecule has 1 aromatic heterocycles. The van der Waals surface area contributed by atoms with Gasteiger partial charge < -0.3 is 5.11 Å². The fraction of sp³-hybridized carbons (Fsp3) is 0.389. The second-order valence-electron chi connectivity index (χ2n) is 6.28. The van der Waals surface area contributed by atoms with Crippen LogP contribution >= 0.6 is 22.9 Å². The summed E-state index contributed by atoms with van der Waals surface area (Å²) < 4.78 is 39.6. The molecule has 0 aliphatic carbocycles. The average Bonchev–Trinajstić information content (AvgIpc) is 3.10. The largest absolute Gasteiger partial charge is 0.480 e. The van der Waals surface area contributed by atoms with E-state index in [1.54, 1.807) is 11.0 Å². The summed E-state index contributed by atoms with van der Waals surface area (Å²) >= 11 is 7.68. The molecule has 1 aromatic carbocycles. The Morgan fingerprint density at radius 1 is 1.31 bits per heavy atom. The molecule has 0 spiro atoms. The molecule has 0 bridgehead atoms. The summed E-state index contributed by atoms with van der Waals surface area (Å²) in [5, 5.41) is 13.5. The fourth-order valence-corrected chi connectivity index (χ4v) is 4.34. The van der Waals surface area contributed by atoms with Crippen molar-refractivity contribution in [2.75, 3.05) is 6.54 Å². The summed E-state index contributed by atoms with van der Waals surface area (Å²) in [5.74, 6) is -0.965. The Kier molecular flexibility index (Phi) is 5.60. The topological polar surface area (TPSA) is 40.5 Å². The van der Waals surface area contributed by atoms with E-state index in [2.05, 4.69) is 0 Å². The average molecular weight is 404 g/mol. The molecule has 140 valence electrons. The minimum absolute atomic E-state index is 0.198. The van der Waals surface area contributed by atoms with Crippen LogP contribution in [0, 0.1) is 0 Å². The van der Waals surface area contributed by atoms with Crippen LogP contribution in [-0.4, -0.2) is 28.6 Å². The fourth-order valence-electron chi connectivity index (χ4n) is 3.44. The van der Waals surface area contributed by atoms with Crippen molar-refractivity contribution in [2.45, 2.75) is 37.5 Å². The molecule has 1 N–H and O–H groups in total. The zero-order valence-electron chi connectivity index (χ0n) is 13.7. The van der Waals surface area contributed by atoms with Gasteiger partial charge in [0.05, 0.1) is 11.6 Å². The zero-order valence-corrected chi connectivity index (χ0v) is 15.2. The minimum atomic E-state index is -4.49. The highest BCUT2D eigenvalue weighted by Crippen LogP contribution is 2.40. The third kappa shape index (κ3) is 3.89. The van der Waals surface area contributed by atoms with Crippen molar-refractivity contribution in [1.29, 1.82) is 0 Å². The second kappa shape index (κ2) is 7.58. The molecule has 3 rings (SSSR count). The third-order valence-corrected chi connectivity index (χ3v) is 5.68. The van der Waals surface area contributed by atoms with Gasteiger partial charge in [-0.3, -0.25) is 9.69 Å². The van der Waals surface area contributed by atoms with Crippen LogP contribution in [0.1, 0.15) is 42.0 Å². The molecule has 8 heteroatoms. The molecule has 1 saturated heterocycles. The summed E-state index contributed by atoms with van der Waals surface area (Å²) in [6, 6.07) is 3.65. The van der Waals surface area contributed by atoms with Crippen LogP contribution in [0.5, 0.6) is 0 Å². The van der Waals surface area contributed by atoms with Gasteiger partial charge in [0.25, 0.3) is 0 Å². The zero-order chi connectivity index (χ0) is 18.9. The quantitative estimate of drug-likeness (QED) is 0.738. The Morgan fingerprint density at radius 2 is 2.08 bits per heavy atom. The predicted molar refractivity (Wildman–Crippen MR) is 94.6 cm³/mol. The lowest BCUT2D eigenvalue weighted by Gasteiger charge is -2.39. The first-order valence-corrected chi connectivity index (χ1v) is 9.48. The molecule has 1 aliphatic heterocycles. The number of rotatable bonds is 4. The first-order chi connectivity index (χ1) is 12.3. The number of carboxylic acids is 1. The molecule has 26 heavy (non-hydrogen) atoms. The molecule has 2 heterocycles. The van der Waals surface area contributed by atoms with Crippen LogP contribution in [-0.2, 0) is 11.0 Å². The highest BCUT2D eigenvalue weighted by atomic mass is 35.5. The molecule has 0 saturated carbocycles. The Hall–Kier alpha value is -1.57. The molecule has 2 unspecified atom stereocenters. The Bertz CT molecular complexity index is 779. The van der Waals surface area contributed by atoms with Gasteiger partial charge >= 0.3 is 12.1 Å². The smallest absolute Gasteiger partial charge is 0.416 e. The Labute approximate surface area is 158 Å². The molecule has 2 atom stereocenters. The number of alkyl halides is 3. The molecule has 1 fully saturated rings. The lowest BCUT2D eigenvalue weighted by molar-refractivity contribution is -0.145. The first-order valence-electron chi connectivity index (χ1n) is 8.16. The summed E-state index contributed by atoms with van der Waals surface area (Å²) in [6.45, 7) is 0.490. The van der Waals surface area contributed by atoms with Gasteiger partial charge in [-0.15, -0.1) is 0 Å². The van der Waals surface area contributed by atoms with E-state index in [9.17, 15) is 23.1 Å². The number of carbonyl (C=O) groups is 1. The highest BCUT2D eigenvalue weighted by Gasteiger charge is 2.38. The van der Waals surface area contributed by atoms with Crippen LogP contribution in [0.25, 0.3) is 0 Å². The molecule has 0 amide bonds. The van der Waals surface area contributed by atoms with Gasteiger partial charge in [-0.25, -0.2) is 0 Å². The summed E-state index contributed by atoms with van der Waals surface area (Å²) in [4.78, 5) is 13.5. The Balaban J connectivity index is 2.12. The number of piperidine rings is 1. The number of carboxylic acid groups (broad SMARTS) is 1. The lowest BCUT2D eigenvalue weighted by atomic mass is 9.92. The molecule has 2 aromatic rings. The maximum Gasteiger partial charge on any atom is 0.416 e. The summed E-state index contributed by atoms with van der Waals surface area (Å²) in [7, 11) is 0. The molecule has 3 nitrogen and oxygen atoms in total. The maximum atomic E-state index is 13.2. The highest BCUT2D eigenvalue weighted by molar-refractivity contribution is 7.08. The number of hydrogen-bond acceptors (Lipinski definition) is 3. The maximum absolute atomic E-state index is 13.2. The SMILES string of the molecule is O=C(O)C1CCCCN1C(c1ccsc1)c1cc(C(F)(F)F)ccc1Cl. The van der Waals surface area contributed by atoms with E-state index in [-0.39, 0.29) is 10.6 Å². The van der Waals surface area contributed by atoms with Crippen LogP contribution in [0.15, 0.2) is 35.0 Å². The van der Waals surface area contributed by atoms with Crippen LogP contribution < -0.4 is 0 Å². The van der Waals surface area contributed by atoms with Gasteiger partial charge in [0.15, 0.2) is 0 Å². The van der Waals surface area contributed by atoms with Crippen molar-refractivity contribution in [3.8, 4) is 0 Å². The van der Waals surface area contributed by atoms with Gasteiger partial charge in [0, 0.05) is 5.02 Å². The van der Waals surface area contributed by atoms with Gasteiger partial charge in [0.2, 0.25) is 0 Å². The Morgan fingerprint density at radius 3 is 2.69 bits per heavy atom. The normalized spacial score (nSPS) is 20.1. The number of aliphatic carboxylic acids is 1. The summed E-state index contributed by atoms with van der Waals surface area (Å²) in [6.07, 6.45) is -2.46. The monoisotopic (exact) mass is 403 g/mol. The van der Waals surface area contributed by atoms with E-state index in [1.807, 2.05) is 10.8 Å². The van der Waals surface area contributed by atoms with Crippen molar-refractivity contribution < 1.29 is 23.1 Å². The number of hydrogen-bond donors (Lipinski definition) is 1. The standard InChI is InChI=1S/C18H17ClF3NO2S/c19-14-5-4-12(18(20,21)22)9-13(14)16(11-6-8-26-10-11)23-7-2-1-3-15(23)17(24)25/h4-6,8-10,15-16H,1-3,7H2,(H,24,25). The van der Waals surface area contributed by atoms with Crippen molar-refractivity contribution in [3.05, 3.63) is 56.7 Å². The van der Waals surface area contributed by atoms with Gasteiger partial charge in [-0.1, -0.05) is 18.0 Å². The van der Waals surface area contributed by atoms with Crippen molar-refractivity contribution in [1.82, 2.24) is 4.90 Å². The van der Waals surface area contributed by atoms with E-state index in [1.165, 1.54) is 17.4 Å². The van der Waals surface area contributed by atoms with Crippen LogP contribution in [0.2, 0.25) is 5.02 Å². The summed E-state index contributed by atoms with van der Waals surface area (Å²) in [5.41, 5.74) is 0.249. The number of likely N-dealkylation sites (tertiary alicyclic amines) is 1. The van der Waals surface area contributed by atoms with Gasteiger partial charge in [-0.2, -0.15) is 24.5 Å². The van der Waals surface area contributed by atoms with Gasteiger partial charge in [0.1, 0.15) is 6.04 Å². The van der Waals surface area contributed by atoms with Crippen molar-refractivity contribution >= 4 is 28.9 Å². The van der Waals surface area contributed by atoms with Crippen molar-refractivity contribution in [2.24, 2.45) is 0 Å². The van der Waals surface area contributed by atoms with E-state index in [0.717, 1.165) is 30.5 Å². The van der Waals surface area contributed by atoms with E-state index in [0.29, 0.717) is 13.0 Å². The van der Waals surface area contributed by atoms with E-state index < -0.39 is 29.8 Å². The van der Waals surface area contributed by atoms with Crippen molar-refractivity contribution in [3.63, 3.8) is 0 Å². The van der Waals surface area contributed by atoms with Crippen LogP contribution in [0.4, 0.5) is 13.2 Å². The van der Waals surface area contributed by atoms with E-state index in [4.69, 9.17) is 11.6 Å². The number of halogens is 4. The number of nitrogens with zero attached hydrogens (tertiary/aromatic N) is 1. The lowest BCUT2D eigenvalue weighted by Crippen LogP contribution is -2.46. The minimum Gasteiger partial charge on any atom is -0.480 e. The number of benzene rings is 1. The first kappa shape index (κ1) is 19.2. The predicted octanol–water partition coefficient (Wildman–Crippen LogP) is 5.45. The molecule has 1 aliphatic rings. The second-order valence-corrected chi connectivity index (χ2v) is 7.47. The van der Waals surface area contributed by atoms with Gasteiger partial charge in [-0.05, 0) is 65.5 Å². The third-order valence-electron chi connectivity index (χ3n) is 4.64.